The third-order valence-corrected chi connectivity index (χ3v) is 3.32. The average molecular weight is 296 g/mol. The molecule has 0 aliphatic rings. The van der Waals surface area contributed by atoms with Crippen LogP contribution in [0.5, 0.6) is 5.75 Å². The van der Waals surface area contributed by atoms with E-state index in [1.165, 1.54) is 0 Å². The molecule has 0 heterocycles. The zero-order chi connectivity index (χ0) is 14.8. The molecule has 1 rings (SSSR count). The lowest BCUT2D eigenvalue weighted by atomic mass is 10.0. The van der Waals surface area contributed by atoms with E-state index in [0.717, 1.165) is 5.75 Å². The van der Waals surface area contributed by atoms with Gasteiger partial charge in [-0.15, -0.1) is 0 Å². The summed E-state index contributed by atoms with van der Waals surface area (Å²) >= 11 is 1.64. The zero-order valence-electron chi connectivity index (χ0n) is 11.8. The Morgan fingerprint density at radius 3 is 2.55 bits per heavy atom. The summed E-state index contributed by atoms with van der Waals surface area (Å²) in [4.78, 5) is 23.7. The molecule has 4 nitrogen and oxygen atoms in total. The number of benzene rings is 1. The topological polar surface area (TPSA) is 52.6 Å². The summed E-state index contributed by atoms with van der Waals surface area (Å²) in [5, 5.41) is 0. The fraction of sp³-hybridized carbons (Fsp3) is 0.467. The predicted molar refractivity (Wildman–Crippen MR) is 79.8 cm³/mol. The van der Waals surface area contributed by atoms with E-state index in [9.17, 15) is 9.59 Å². The van der Waals surface area contributed by atoms with E-state index in [-0.39, 0.29) is 12.4 Å². The first-order valence-electron chi connectivity index (χ1n) is 6.58. The molecule has 1 unspecified atom stereocenters. The molecule has 0 aromatic heterocycles. The van der Waals surface area contributed by atoms with Gasteiger partial charge in [0.05, 0.1) is 18.9 Å². The summed E-state index contributed by atoms with van der Waals surface area (Å²) in [6.45, 7) is 2.08. The molecule has 0 saturated heterocycles. The molecule has 0 N–H and O–H groups in total. The number of carbonyl (C=O) groups excluding carboxylic acids is 2. The number of rotatable bonds is 8. The van der Waals surface area contributed by atoms with Gasteiger partial charge in [0.25, 0.3) is 0 Å². The predicted octanol–water partition coefficient (Wildman–Crippen LogP) is 2.91. The van der Waals surface area contributed by atoms with Crippen LogP contribution in [-0.4, -0.2) is 30.6 Å². The number of thioether (sulfide) groups is 1. The van der Waals surface area contributed by atoms with Gasteiger partial charge in [0.15, 0.2) is 0 Å². The molecular formula is C15H20O4S. The van der Waals surface area contributed by atoms with Crippen LogP contribution in [0, 0.1) is 5.92 Å². The van der Waals surface area contributed by atoms with Gasteiger partial charge < -0.3 is 9.47 Å². The minimum absolute atomic E-state index is 0.0499. The van der Waals surface area contributed by atoms with Crippen molar-refractivity contribution in [2.45, 2.75) is 19.8 Å². The van der Waals surface area contributed by atoms with E-state index in [0.29, 0.717) is 18.8 Å². The van der Waals surface area contributed by atoms with Crippen molar-refractivity contribution in [3.63, 3.8) is 0 Å². The van der Waals surface area contributed by atoms with E-state index in [4.69, 9.17) is 9.47 Å². The molecule has 0 bridgehead atoms. The van der Waals surface area contributed by atoms with Crippen molar-refractivity contribution in [2.75, 3.05) is 18.6 Å². The Balaban J connectivity index is 2.54. The van der Waals surface area contributed by atoms with Crippen molar-refractivity contribution >= 4 is 23.7 Å². The Morgan fingerprint density at radius 2 is 1.95 bits per heavy atom. The van der Waals surface area contributed by atoms with Gasteiger partial charge in [0.2, 0.25) is 0 Å². The average Bonchev–Trinajstić information content (AvgIpc) is 2.44. The second-order valence-electron chi connectivity index (χ2n) is 4.22. The summed E-state index contributed by atoms with van der Waals surface area (Å²) in [6, 6.07) is 8.84. The Labute approximate surface area is 123 Å². The number of carbonyl (C=O) groups is 2. The van der Waals surface area contributed by atoms with Crippen LogP contribution in [-0.2, 0) is 14.3 Å². The van der Waals surface area contributed by atoms with Gasteiger partial charge in [0.1, 0.15) is 5.75 Å². The van der Waals surface area contributed by atoms with Crippen molar-refractivity contribution in [1.29, 1.82) is 0 Å². The van der Waals surface area contributed by atoms with Crippen LogP contribution in [0.3, 0.4) is 0 Å². The van der Waals surface area contributed by atoms with Gasteiger partial charge in [-0.3, -0.25) is 9.59 Å². The minimum Gasteiger partial charge on any atom is -0.466 e. The quantitative estimate of drug-likeness (QED) is 0.545. The number of hydrogen-bond acceptors (Lipinski definition) is 5. The zero-order valence-corrected chi connectivity index (χ0v) is 12.7. The fourth-order valence-corrected chi connectivity index (χ4v) is 2.21. The normalized spacial score (nSPS) is 11.7. The SMILES string of the molecule is CCOC(=O)C(CCSC)CC(=O)Oc1ccccc1. The summed E-state index contributed by atoms with van der Waals surface area (Å²) in [6.07, 6.45) is 2.63. The number of esters is 2. The Morgan fingerprint density at radius 1 is 1.25 bits per heavy atom. The lowest BCUT2D eigenvalue weighted by molar-refractivity contribution is -0.152. The van der Waals surface area contributed by atoms with Crippen LogP contribution in [0.25, 0.3) is 0 Å². The molecular weight excluding hydrogens is 276 g/mol. The standard InChI is InChI=1S/C15H20O4S/c1-3-18-15(17)12(9-10-20-2)11-14(16)19-13-7-5-4-6-8-13/h4-8,12H,3,9-11H2,1-2H3. The molecule has 20 heavy (non-hydrogen) atoms. The maximum Gasteiger partial charge on any atom is 0.312 e. The molecule has 5 heteroatoms. The molecule has 1 atom stereocenters. The first kappa shape index (κ1) is 16.6. The molecule has 0 saturated carbocycles. The number of ether oxygens (including phenoxy) is 2. The summed E-state index contributed by atoms with van der Waals surface area (Å²) in [5.41, 5.74) is 0. The van der Waals surface area contributed by atoms with Gasteiger partial charge in [-0.05, 0) is 37.5 Å². The van der Waals surface area contributed by atoms with Crippen LogP contribution in [0.2, 0.25) is 0 Å². The second kappa shape index (κ2) is 9.42. The fourth-order valence-electron chi connectivity index (χ4n) is 1.69. The highest BCUT2D eigenvalue weighted by Gasteiger charge is 2.23. The first-order chi connectivity index (χ1) is 9.67. The Bertz CT molecular complexity index is 419. The maximum atomic E-state index is 11.9. The van der Waals surface area contributed by atoms with Crippen LogP contribution >= 0.6 is 11.8 Å². The molecule has 0 aliphatic carbocycles. The third kappa shape index (κ3) is 6.10. The highest BCUT2D eigenvalue weighted by Crippen LogP contribution is 2.17. The second-order valence-corrected chi connectivity index (χ2v) is 5.21. The van der Waals surface area contributed by atoms with Crippen molar-refractivity contribution in [2.24, 2.45) is 5.92 Å². The van der Waals surface area contributed by atoms with E-state index in [2.05, 4.69) is 0 Å². The van der Waals surface area contributed by atoms with E-state index >= 15 is 0 Å². The van der Waals surface area contributed by atoms with Crippen LogP contribution < -0.4 is 4.74 Å². The van der Waals surface area contributed by atoms with Crippen molar-refractivity contribution in [3.8, 4) is 5.75 Å². The van der Waals surface area contributed by atoms with Crippen LogP contribution in [0.15, 0.2) is 30.3 Å². The summed E-state index contributed by atoms with van der Waals surface area (Å²) in [7, 11) is 0. The Hall–Kier alpha value is -1.49. The lowest BCUT2D eigenvalue weighted by Crippen LogP contribution is -2.24. The van der Waals surface area contributed by atoms with E-state index in [1.807, 2.05) is 12.3 Å². The lowest BCUT2D eigenvalue weighted by Gasteiger charge is -2.14. The third-order valence-electron chi connectivity index (χ3n) is 2.68. The van der Waals surface area contributed by atoms with Gasteiger partial charge >= 0.3 is 11.9 Å². The monoisotopic (exact) mass is 296 g/mol. The van der Waals surface area contributed by atoms with Gasteiger partial charge in [0, 0.05) is 0 Å². The van der Waals surface area contributed by atoms with Gasteiger partial charge in [-0.2, -0.15) is 11.8 Å². The van der Waals surface area contributed by atoms with Gasteiger partial charge in [-0.25, -0.2) is 0 Å². The maximum absolute atomic E-state index is 11.9. The highest BCUT2D eigenvalue weighted by molar-refractivity contribution is 7.98. The molecule has 1 aromatic carbocycles. The number of para-hydroxylation sites is 1. The largest absolute Gasteiger partial charge is 0.466 e. The Kier molecular flexibility index (Phi) is 7.80. The summed E-state index contributed by atoms with van der Waals surface area (Å²) in [5.74, 6) is 0.132. The minimum atomic E-state index is -0.432. The van der Waals surface area contributed by atoms with Gasteiger partial charge in [-0.1, -0.05) is 18.2 Å². The van der Waals surface area contributed by atoms with E-state index in [1.54, 1.807) is 43.0 Å². The van der Waals surface area contributed by atoms with Crippen LogP contribution in [0.1, 0.15) is 19.8 Å². The van der Waals surface area contributed by atoms with Crippen LogP contribution in [0.4, 0.5) is 0 Å². The van der Waals surface area contributed by atoms with E-state index < -0.39 is 11.9 Å². The highest BCUT2D eigenvalue weighted by atomic mass is 32.2. The molecule has 0 amide bonds. The smallest absolute Gasteiger partial charge is 0.312 e. The molecule has 0 fully saturated rings. The summed E-state index contributed by atoms with van der Waals surface area (Å²) < 4.78 is 10.2. The molecule has 0 radical (unpaired) electrons. The van der Waals surface area contributed by atoms with Crippen molar-refractivity contribution in [1.82, 2.24) is 0 Å². The molecule has 1 aromatic rings. The molecule has 0 aliphatic heterocycles. The van der Waals surface area contributed by atoms with Crippen molar-refractivity contribution < 1.29 is 19.1 Å². The molecule has 110 valence electrons. The number of hydrogen-bond donors (Lipinski definition) is 0. The first-order valence-corrected chi connectivity index (χ1v) is 7.98. The van der Waals surface area contributed by atoms with Crippen molar-refractivity contribution in [3.05, 3.63) is 30.3 Å². The molecule has 0 spiro atoms.